The number of aryl methyl sites for hydroxylation is 2. The van der Waals surface area contributed by atoms with Gasteiger partial charge in [-0.1, -0.05) is 35.9 Å². The van der Waals surface area contributed by atoms with Crippen LogP contribution in [-0.4, -0.2) is 10.8 Å². The van der Waals surface area contributed by atoms with E-state index in [1.807, 2.05) is 50.2 Å². The Hall–Kier alpha value is -1.96. The van der Waals surface area contributed by atoms with Crippen molar-refractivity contribution in [1.82, 2.24) is 4.98 Å². The minimum absolute atomic E-state index is 0.0672. The fourth-order valence-electron chi connectivity index (χ4n) is 1.68. The molecule has 0 aliphatic rings. The van der Waals surface area contributed by atoms with E-state index >= 15 is 0 Å². The number of carbonyl (C=O) groups is 1. The average Bonchev–Trinajstić information content (AvgIpc) is 2.32. The summed E-state index contributed by atoms with van der Waals surface area (Å²) in [7, 11) is 0. The molecule has 0 bridgehead atoms. The Morgan fingerprint density at radius 1 is 1.06 bits per heavy atom. The normalized spacial score (nSPS) is 10.2. The van der Waals surface area contributed by atoms with Gasteiger partial charge < -0.3 is 0 Å². The van der Waals surface area contributed by atoms with E-state index in [4.69, 9.17) is 0 Å². The molecule has 2 aromatic rings. The molecule has 0 fully saturated rings. The Kier molecular flexibility index (Phi) is 3.33. The van der Waals surface area contributed by atoms with Crippen LogP contribution in [0.2, 0.25) is 0 Å². The summed E-state index contributed by atoms with van der Waals surface area (Å²) in [5, 5.41) is 0. The molecule has 0 aliphatic carbocycles. The predicted octanol–water partition coefficient (Wildman–Crippen LogP) is 3.12. The van der Waals surface area contributed by atoms with E-state index in [-0.39, 0.29) is 5.78 Å². The van der Waals surface area contributed by atoms with Crippen molar-refractivity contribution in [2.24, 2.45) is 0 Å². The first-order valence-corrected chi connectivity index (χ1v) is 5.67. The molecule has 0 aliphatic heterocycles. The zero-order valence-electron chi connectivity index (χ0n) is 10.1. The molecule has 0 N–H and O–H groups in total. The van der Waals surface area contributed by atoms with Crippen molar-refractivity contribution >= 4 is 5.78 Å². The van der Waals surface area contributed by atoms with Crippen LogP contribution >= 0.6 is 0 Å². The molecule has 2 nitrogen and oxygen atoms in total. The zero-order chi connectivity index (χ0) is 12.3. The second-order valence-corrected chi connectivity index (χ2v) is 4.25. The van der Waals surface area contributed by atoms with Crippen LogP contribution in [0.25, 0.3) is 0 Å². The third kappa shape index (κ3) is 3.00. The molecular formula is C15H15NO. The molecule has 2 rings (SSSR count). The number of hydrogen-bond acceptors (Lipinski definition) is 2. The topological polar surface area (TPSA) is 30.0 Å². The molecule has 2 heteroatoms. The van der Waals surface area contributed by atoms with Crippen molar-refractivity contribution in [3.8, 4) is 0 Å². The van der Waals surface area contributed by atoms with E-state index in [0.29, 0.717) is 12.1 Å². The highest BCUT2D eigenvalue weighted by Crippen LogP contribution is 2.08. The number of rotatable bonds is 3. The van der Waals surface area contributed by atoms with Crippen LogP contribution in [0.1, 0.15) is 27.3 Å². The van der Waals surface area contributed by atoms with Crippen molar-refractivity contribution in [2.75, 3.05) is 0 Å². The van der Waals surface area contributed by atoms with Crippen LogP contribution in [0.5, 0.6) is 0 Å². The molecule has 1 heterocycles. The predicted molar refractivity (Wildman–Crippen MR) is 68.2 cm³/mol. The summed E-state index contributed by atoms with van der Waals surface area (Å²) in [5.74, 6) is 0.0672. The van der Waals surface area contributed by atoms with E-state index in [0.717, 1.165) is 11.3 Å². The Morgan fingerprint density at radius 3 is 2.41 bits per heavy atom. The van der Waals surface area contributed by atoms with Gasteiger partial charge in [-0.25, -0.2) is 0 Å². The van der Waals surface area contributed by atoms with Crippen LogP contribution in [0.3, 0.4) is 0 Å². The van der Waals surface area contributed by atoms with Gasteiger partial charge in [-0.05, 0) is 31.5 Å². The van der Waals surface area contributed by atoms with Gasteiger partial charge in [-0.3, -0.25) is 9.78 Å². The number of pyridine rings is 1. The highest BCUT2D eigenvalue weighted by Gasteiger charge is 2.08. The van der Waals surface area contributed by atoms with Crippen molar-refractivity contribution in [1.29, 1.82) is 0 Å². The van der Waals surface area contributed by atoms with Gasteiger partial charge >= 0.3 is 0 Å². The van der Waals surface area contributed by atoms with Gasteiger partial charge in [0, 0.05) is 12.1 Å². The molecule has 0 radical (unpaired) electrons. The minimum Gasteiger partial charge on any atom is -0.292 e. The summed E-state index contributed by atoms with van der Waals surface area (Å²) in [6, 6.07) is 13.5. The first-order chi connectivity index (χ1) is 8.15. The van der Waals surface area contributed by atoms with E-state index in [1.54, 1.807) is 6.07 Å². The Balaban J connectivity index is 2.14. The summed E-state index contributed by atoms with van der Waals surface area (Å²) in [4.78, 5) is 16.2. The maximum absolute atomic E-state index is 12.0. The lowest BCUT2D eigenvalue weighted by atomic mass is 10.1. The molecule has 86 valence electrons. The maximum Gasteiger partial charge on any atom is 0.185 e. The Morgan fingerprint density at radius 2 is 1.76 bits per heavy atom. The summed E-state index contributed by atoms with van der Waals surface area (Å²) >= 11 is 0. The fraction of sp³-hybridized carbons (Fsp3) is 0.200. The maximum atomic E-state index is 12.0. The summed E-state index contributed by atoms with van der Waals surface area (Å²) in [5.41, 5.74) is 3.66. The van der Waals surface area contributed by atoms with Crippen LogP contribution in [0.4, 0.5) is 0 Å². The van der Waals surface area contributed by atoms with Gasteiger partial charge in [0.15, 0.2) is 5.78 Å². The van der Waals surface area contributed by atoms with Gasteiger partial charge in [0.05, 0.1) is 0 Å². The lowest BCUT2D eigenvalue weighted by Crippen LogP contribution is -2.06. The van der Waals surface area contributed by atoms with E-state index in [9.17, 15) is 4.79 Å². The molecule has 0 saturated carbocycles. The zero-order valence-corrected chi connectivity index (χ0v) is 10.1. The quantitative estimate of drug-likeness (QED) is 0.751. The number of aromatic nitrogens is 1. The van der Waals surface area contributed by atoms with Gasteiger partial charge in [-0.2, -0.15) is 0 Å². The second kappa shape index (κ2) is 4.91. The summed E-state index contributed by atoms with van der Waals surface area (Å²) < 4.78 is 0. The van der Waals surface area contributed by atoms with Crippen molar-refractivity contribution < 1.29 is 4.79 Å². The number of benzene rings is 1. The minimum atomic E-state index is 0.0672. The number of hydrogen-bond donors (Lipinski definition) is 0. The van der Waals surface area contributed by atoms with Gasteiger partial charge in [0.1, 0.15) is 5.69 Å². The average molecular weight is 225 g/mol. The summed E-state index contributed by atoms with van der Waals surface area (Å²) in [6.07, 6.45) is 0.413. The van der Waals surface area contributed by atoms with Crippen LogP contribution in [-0.2, 0) is 6.42 Å². The molecule has 1 aromatic carbocycles. The monoisotopic (exact) mass is 225 g/mol. The lowest BCUT2D eigenvalue weighted by Gasteiger charge is -2.02. The molecule has 0 spiro atoms. The third-order valence-corrected chi connectivity index (χ3v) is 2.66. The standard InChI is InChI=1S/C15H15NO/c1-11-6-8-13(9-7-11)10-15(17)14-5-3-4-12(2)16-14/h3-9H,10H2,1-2H3. The SMILES string of the molecule is Cc1ccc(CC(=O)c2cccc(C)n2)cc1. The smallest absolute Gasteiger partial charge is 0.185 e. The molecular weight excluding hydrogens is 210 g/mol. The van der Waals surface area contributed by atoms with Crippen LogP contribution in [0.15, 0.2) is 42.5 Å². The van der Waals surface area contributed by atoms with Crippen LogP contribution < -0.4 is 0 Å². The summed E-state index contributed by atoms with van der Waals surface area (Å²) in [6.45, 7) is 3.93. The first-order valence-electron chi connectivity index (χ1n) is 5.67. The third-order valence-electron chi connectivity index (χ3n) is 2.66. The molecule has 1 aromatic heterocycles. The molecule has 0 saturated heterocycles. The Labute approximate surface area is 101 Å². The fourth-order valence-corrected chi connectivity index (χ4v) is 1.68. The highest BCUT2D eigenvalue weighted by atomic mass is 16.1. The number of nitrogens with zero attached hydrogens (tertiary/aromatic N) is 1. The van der Waals surface area contributed by atoms with Crippen molar-refractivity contribution in [3.63, 3.8) is 0 Å². The van der Waals surface area contributed by atoms with E-state index < -0.39 is 0 Å². The van der Waals surface area contributed by atoms with E-state index in [2.05, 4.69) is 4.98 Å². The second-order valence-electron chi connectivity index (χ2n) is 4.25. The highest BCUT2D eigenvalue weighted by molar-refractivity contribution is 5.95. The van der Waals surface area contributed by atoms with Crippen LogP contribution in [0, 0.1) is 13.8 Å². The van der Waals surface area contributed by atoms with Gasteiger partial charge in [-0.15, -0.1) is 0 Å². The largest absolute Gasteiger partial charge is 0.292 e. The Bertz CT molecular complexity index is 529. The lowest BCUT2D eigenvalue weighted by molar-refractivity contribution is 0.0988. The van der Waals surface area contributed by atoms with Crippen molar-refractivity contribution in [3.05, 3.63) is 65.0 Å². The van der Waals surface area contributed by atoms with Gasteiger partial charge in [0.2, 0.25) is 0 Å². The molecule has 0 atom stereocenters. The molecule has 0 amide bonds. The molecule has 17 heavy (non-hydrogen) atoms. The first kappa shape index (κ1) is 11.5. The molecule has 0 unspecified atom stereocenters. The van der Waals surface area contributed by atoms with E-state index in [1.165, 1.54) is 5.56 Å². The number of ketones is 1. The van der Waals surface area contributed by atoms with Gasteiger partial charge in [0.25, 0.3) is 0 Å². The van der Waals surface area contributed by atoms with Crippen molar-refractivity contribution in [2.45, 2.75) is 20.3 Å². The number of Topliss-reactive ketones (excluding diaryl/α,β-unsaturated/α-hetero) is 1. The number of carbonyl (C=O) groups excluding carboxylic acids is 1.